The number of imide groups is 1. The van der Waals surface area contributed by atoms with Crippen LogP contribution in [0.2, 0.25) is 0 Å². The van der Waals surface area contributed by atoms with Crippen LogP contribution >= 0.6 is 24.8 Å². The molecule has 2 fully saturated rings. The van der Waals surface area contributed by atoms with E-state index in [1.165, 1.54) is 0 Å². The van der Waals surface area contributed by atoms with E-state index in [1.807, 2.05) is 12.1 Å². The van der Waals surface area contributed by atoms with Crippen molar-refractivity contribution in [3.05, 3.63) is 29.3 Å². The maximum Gasteiger partial charge on any atom is 0.255 e. The highest BCUT2D eigenvalue weighted by Crippen LogP contribution is 2.32. The van der Waals surface area contributed by atoms with E-state index in [-0.39, 0.29) is 43.0 Å². The van der Waals surface area contributed by atoms with Crippen LogP contribution in [0, 0.1) is 0 Å². The van der Waals surface area contributed by atoms with Crippen LogP contribution in [-0.2, 0) is 39.8 Å². The fraction of sp³-hybridized carbons (Fsp3) is 0.690. The van der Waals surface area contributed by atoms with Gasteiger partial charge < -0.3 is 39.2 Å². The van der Waals surface area contributed by atoms with Gasteiger partial charge in [-0.1, -0.05) is 6.07 Å². The molecule has 15 heteroatoms. The lowest BCUT2D eigenvalue weighted by Crippen LogP contribution is -2.52. The van der Waals surface area contributed by atoms with Crippen molar-refractivity contribution in [2.45, 2.75) is 25.4 Å². The summed E-state index contributed by atoms with van der Waals surface area (Å²) in [6.07, 6.45) is 0.580. The maximum atomic E-state index is 12.9. The van der Waals surface area contributed by atoms with E-state index in [2.05, 4.69) is 20.9 Å². The number of ether oxygens (including phenoxy) is 5. The van der Waals surface area contributed by atoms with E-state index in [9.17, 15) is 14.4 Å². The molecule has 1 atom stereocenters. The second-order valence-electron chi connectivity index (χ2n) is 10.3. The van der Waals surface area contributed by atoms with Crippen molar-refractivity contribution >= 4 is 48.2 Å². The van der Waals surface area contributed by atoms with Crippen LogP contribution in [0.5, 0.6) is 0 Å². The van der Waals surface area contributed by atoms with Gasteiger partial charge in [0.2, 0.25) is 11.8 Å². The number of anilines is 1. The Morgan fingerprint density at radius 3 is 2.00 bits per heavy atom. The van der Waals surface area contributed by atoms with Gasteiger partial charge >= 0.3 is 0 Å². The number of hydrogen-bond donors (Lipinski definition) is 3. The zero-order chi connectivity index (χ0) is 29.4. The molecule has 1 aromatic rings. The summed E-state index contributed by atoms with van der Waals surface area (Å²) in [5, 5.41) is 9.00. The Morgan fingerprint density at radius 2 is 1.39 bits per heavy atom. The van der Waals surface area contributed by atoms with E-state index >= 15 is 0 Å². The van der Waals surface area contributed by atoms with Gasteiger partial charge in [-0.3, -0.25) is 24.6 Å². The molecule has 0 aromatic heterocycles. The molecular weight excluding hydrogens is 617 g/mol. The summed E-state index contributed by atoms with van der Waals surface area (Å²) in [5.74, 6) is -0.891. The van der Waals surface area contributed by atoms with E-state index in [0.29, 0.717) is 84.5 Å². The Morgan fingerprint density at radius 1 is 0.795 bits per heavy atom. The van der Waals surface area contributed by atoms with Crippen LogP contribution in [0.1, 0.15) is 28.8 Å². The minimum Gasteiger partial charge on any atom is -0.382 e. The van der Waals surface area contributed by atoms with Gasteiger partial charge in [0.25, 0.3) is 5.91 Å². The molecule has 0 bridgehead atoms. The van der Waals surface area contributed by atoms with E-state index in [0.717, 1.165) is 50.6 Å². The molecule has 44 heavy (non-hydrogen) atoms. The third-order valence-electron chi connectivity index (χ3n) is 7.39. The first-order chi connectivity index (χ1) is 20.6. The van der Waals surface area contributed by atoms with Crippen molar-refractivity contribution in [3.8, 4) is 0 Å². The van der Waals surface area contributed by atoms with E-state index in [1.54, 1.807) is 11.0 Å². The number of carbonyl (C=O) groups is 3. The summed E-state index contributed by atoms with van der Waals surface area (Å²) in [6.45, 7) is 11.5. The monoisotopic (exact) mass is 663 g/mol. The average Bonchev–Trinajstić information content (AvgIpc) is 3.33. The topological polar surface area (TPSA) is 140 Å². The largest absolute Gasteiger partial charge is 0.382 e. The Bertz CT molecular complexity index is 1020. The molecule has 3 amide bonds. The summed E-state index contributed by atoms with van der Waals surface area (Å²) in [5.41, 5.74) is 2.28. The standard InChI is InChI=1S/C29H45N5O8.2ClH/c35-27-5-4-26(28(36)32-27)34-22-24-23(29(34)37)2-1-3-25(24)31-8-12-38-14-16-40-18-20-42-21-19-41-17-15-39-13-11-33-9-6-30-7-10-33;;/h1-3,26,30-31H,4-22H2,(H,32,35,36);2*1H. The molecular formula is C29H47Cl2N5O8. The lowest BCUT2D eigenvalue weighted by Gasteiger charge is -2.29. The lowest BCUT2D eigenvalue weighted by atomic mass is 10.0. The Balaban J connectivity index is 0.00000337. The molecule has 1 unspecified atom stereocenters. The van der Waals surface area contributed by atoms with Gasteiger partial charge in [-0.25, -0.2) is 0 Å². The summed E-state index contributed by atoms with van der Waals surface area (Å²) in [6, 6.07) is 4.88. The minimum absolute atomic E-state index is 0. The SMILES string of the molecule is Cl.Cl.O=C1CCC(N2Cc3c(NCCOCCOCCOCCOCCOCCN4CCNCC4)cccc3C2=O)C(=O)N1. The Labute approximate surface area is 271 Å². The Hall–Kier alpha value is -2.07. The number of halogens is 2. The molecule has 0 spiro atoms. The number of amides is 3. The molecule has 1 aromatic carbocycles. The van der Waals surface area contributed by atoms with Gasteiger partial charge in [-0.15, -0.1) is 24.8 Å². The molecule has 4 rings (SSSR count). The number of hydrogen-bond acceptors (Lipinski definition) is 11. The molecule has 250 valence electrons. The van der Waals surface area contributed by atoms with Gasteiger partial charge in [0, 0.05) is 69.0 Å². The highest BCUT2D eigenvalue weighted by Gasteiger charge is 2.39. The zero-order valence-electron chi connectivity index (χ0n) is 25.2. The second kappa shape index (κ2) is 21.6. The third-order valence-corrected chi connectivity index (χ3v) is 7.39. The van der Waals surface area contributed by atoms with Crippen molar-refractivity contribution in [2.75, 3.05) is 111 Å². The normalized spacial score (nSPS) is 18.4. The number of piperazine rings is 1. The summed E-state index contributed by atoms with van der Waals surface area (Å²) >= 11 is 0. The van der Waals surface area contributed by atoms with Gasteiger partial charge in [0.15, 0.2) is 0 Å². The molecule has 2 saturated heterocycles. The first kappa shape index (κ1) is 38.1. The quantitative estimate of drug-likeness (QED) is 0.134. The van der Waals surface area contributed by atoms with E-state index in [4.69, 9.17) is 23.7 Å². The highest BCUT2D eigenvalue weighted by molar-refractivity contribution is 6.06. The van der Waals surface area contributed by atoms with Gasteiger partial charge in [-0.2, -0.15) is 0 Å². The first-order valence-corrected chi connectivity index (χ1v) is 15.0. The number of nitrogens with one attached hydrogen (secondary N) is 3. The van der Waals surface area contributed by atoms with Gasteiger partial charge in [0.1, 0.15) is 6.04 Å². The van der Waals surface area contributed by atoms with Crippen molar-refractivity contribution in [1.29, 1.82) is 0 Å². The summed E-state index contributed by atoms with van der Waals surface area (Å²) in [4.78, 5) is 40.6. The predicted molar refractivity (Wildman–Crippen MR) is 169 cm³/mol. The number of nitrogens with zero attached hydrogens (tertiary/aromatic N) is 2. The molecule has 3 N–H and O–H groups in total. The summed E-state index contributed by atoms with van der Waals surface area (Å²) in [7, 11) is 0. The maximum absolute atomic E-state index is 12.9. The van der Waals surface area contributed by atoms with Crippen LogP contribution in [0.4, 0.5) is 5.69 Å². The van der Waals surface area contributed by atoms with Crippen LogP contribution in [-0.4, -0.2) is 139 Å². The van der Waals surface area contributed by atoms with Crippen LogP contribution in [0.15, 0.2) is 18.2 Å². The fourth-order valence-corrected chi connectivity index (χ4v) is 5.12. The predicted octanol–water partition coefficient (Wildman–Crippen LogP) is 0.691. The molecule has 3 aliphatic heterocycles. The van der Waals surface area contributed by atoms with Crippen LogP contribution in [0.25, 0.3) is 0 Å². The third kappa shape index (κ3) is 12.4. The minimum atomic E-state index is -0.625. The van der Waals surface area contributed by atoms with Crippen molar-refractivity contribution in [2.24, 2.45) is 0 Å². The zero-order valence-corrected chi connectivity index (χ0v) is 26.9. The smallest absolute Gasteiger partial charge is 0.255 e. The molecule has 0 saturated carbocycles. The Kier molecular flexibility index (Phi) is 18.7. The van der Waals surface area contributed by atoms with Crippen molar-refractivity contribution in [1.82, 2.24) is 20.4 Å². The van der Waals surface area contributed by atoms with Gasteiger partial charge in [0.05, 0.1) is 66.1 Å². The lowest BCUT2D eigenvalue weighted by molar-refractivity contribution is -0.136. The highest BCUT2D eigenvalue weighted by atomic mass is 35.5. The van der Waals surface area contributed by atoms with Crippen molar-refractivity contribution < 1.29 is 38.1 Å². The molecule has 13 nitrogen and oxygen atoms in total. The number of fused-ring (bicyclic) bond motifs is 1. The fourth-order valence-electron chi connectivity index (χ4n) is 5.12. The van der Waals surface area contributed by atoms with Crippen molar-refractivity contribution in [3.63, 3.8) is 0 Å². The van der Waals surface area contributed by atoms with E-state index < -0.39 is 11.9 Å². The van der Waals surface area contributed by atoms with Gasteiger partial charge in [-0.05, 0) is 18.6 Å². The number of benzene rings is 1. The van der Waals surface area contributed by atoms with Crippen LogP contribution in [0.3, 0.4) is 0 Å². The molecule has 0 radical (unpaired) electrons. The summed E-state index contributed by atoms with van der Waals surface area (Å²) < 4.78 is 27.8. The van der Waals surface area contributed by atoms with Crippen LogP contribution < -0.4 is 16.0 Å². The number of rotatable bonds is 20. The first-order valence-electron chi connectivity index (χ1n) is 15.0. The molecule has 3 heterocycles. The molecule has 0 aliphatic carbocycles. The number of carbonyl (C=O) groups excluding carboxylic acids is 3. The molecule has 3 aliphatic rings. The number of piperidine rings is 1. The second-order valence-corrected chi connectivity index (χ2v) is 10.3. The average molecular weight is 665 g/mol.